The van der Waals surface area contributed by atoms with E-state index in [-0.39, 0.29) is 0 Å². The zero-order valence-corrected chi connectivity index (χ0v) is 16.5. The van der Waals surface area contributed by atoms with Gasteiger partial charge >= 0.3 is 0 Å². The molecule has 0 aliphatic carbocycles. The van der Waals surface area contributed by atoms with Gasteiger partial charge in [0.15, 0.2) is 0 Å². The molecule has 0 bridgehead atoms. The van der Waals surface area contributed by atoms with Gasteiger partial charge in [-0.2, -0.15) is 0 Å². The van der Waals surface area contributed by atoms with Gasteiger partial charge in [0.25, 0.3) is 0 Å². The Balaban J connectivity index is 1.50. The first-order valence-corrected chi connectivity index (χ1v) is 9.29. The van der Waals surface area contributed by atoms with Crippen molar-refractivity contribution in [1.82, 2.24) is 15.1 Å². The van der Waals surface area contributed by atoms with E-state index in [0.29, 0.717) is 6.61 Å². The van der Waals surface area contributed by atoms with Crippen LogP contribution in [-0.4, -0.2) is 15.1 Å². The maximum Gasteiger partial charge on any atom is 0.140 e. The van der Waals surface area contributed by atoms with Gasteiger partial charge < -0.3 is 14.2 Å². The van der Waals surface area contributed by atoms with Crippen LogP contribution in [0, 0.1) is 27.7 Å². The van der Waals surface area contributed by atoms with E-state index in [1.807, 2.05) is 44.3 Å². The topological polar surface area (TPSA) is 63.9 Å². The second kappa shape index (κ2) is 7.35. The minimum Gasteiger partial charge on any atom is -0.489 e. The highest BCUT2D eigenvalue weighted by molar-refractivity contribution is 5.67. The van der Waals surface area contributed by atoms with E-state index in [9.17, 15) is 0 Å². The summed E-state index contributed by atoms with van der Waals surface area (Å²) in [6.45, 7) is 8.50. The van der Waals surface area contributed by atoms with Crippen LogP contribution in [-0.2, 0) is 6.61 Å². The van der Waals surface area contributed by atoms with Crippen molar-refractivity contribution in [1.29, 1.82) is 0 Å². The summed E-state index contributed by atoms with van der Waals surface area (Å²) in [4.78, 5) is 8.00. The third-order valence-corrected chi connectivity index (χ3v) is 5.17. The standard InChI is InChI=1S/C23H23N3O2/c1-14-6-5-7-20(15(14)2)23-24-12-22(25-23)18-8-10-19(11-9-18)27-13-21-16(3)26-28-17(21)4/h5-12H,13H2,1-4H3,(H,24,25). The molecule has 0 radical (unpaired) electrons. The van der Waals surface area contributed by atoms with Crippen LogP contribution in [0.4, 0.5) is 0 Å². The number of ether oxygens (including phenoxy) is 1. The van der Waals surface area contributed by atoms with Crippen LogP contribution in [0.5, 0.6) is 5.75 Å². The summed E-state index contributed by atoms with van der Waals surface area (Å²) in [6.07, 6.45) is 1.87. The first-order valence-electron chi connectivity index (χ1n) is 9.29. The molecule has 0 aliphatic rings. The molecule has 5 heteroatoms. The van der Waals surface area contributed by atoms with Gasteiger partial charge in [0, 0.05) is 5.56 Å². The van der Waals surface area contributed by atoms with Crippen LogP contribution < -0.4 is 4.74 Å². The smallest absolute Gasteiger partial charge is 0.140 e. The van der Waals surface area contributed by atoms with Crippen LogP contribution in [0.1, 0.15) is 28.1 Å². The Morgan fingerprint density at radius 1 is 1.00 bits per heavy atom. The Kier molecular flexibility index (Phi) is 4.74. The van der Waals surface area contributed by atoms with Crippen LogP contribution in [0.3, 0.4) is 0 Å². The molecule has 0 saturated heterocycles. The zero-order chi connectivity index (χ0) is 19.7. The monoisotopic (exact) mass is 373 g/mol. The fourth-order valence-electron chi connectivity index (χ4n) is 3.21. The van der Waals surface area contributed by atoms with Gasteiger partial charge in [-0.1, -0.05) is 23.4 Å². The van der Waals surface area contributed by atoms with Gasteiger partial charge in [0.2, 0.25) is 0 Å². The molecule has 2 aromatic carbocycles. The lowest BCUT2D eigenvalue weighted by molar-refractivity contribution is 0.302. The summed E-state index contributed by atoms with van der Waals surface area (Å²) in [5.74, 6) is 2.48. The number of benzene rings is 2. The molecular formula is C23H23N3O2. The highest BCUT2D eigenvalue weighted by Gasteiger charge is 2.11. The third-order valence-electron chi connectivity index (χ3n) is 5.17. The molecule has 142 valence electrons. The van der Waals surface area contributed by atoms with Gasteiger partial charge in [0.1, 0.15) is 23.9 Å². The van der Waals surface area contributed by atoms with E-state index < -0.39 is 0 Å². The fraction of sp³-hybridized carbons (Fsp3) is 0.217. The number of hydrogen-bond acceptors (Lipinski definition) is 4. The summed E-state index contributed by atoms with van der Waals surface area (Å²) in [5, 5.41) is 3.95. The molecule has 28 heavy (non-hydrogen) atoms. The van der Waals surface area contributed by atoms with E-state index in [0.717, 1.165) is 45.4 Å². The Labute approximate surface area is 164 Å². The highest BCUT2D eigenvalue weighted by Crippen LogP contribution is 2.27. The molecule has 1 N–H and O–H groups in total. The van der Waals surface area contributed by atoms with E-state index in [2.05, 4.69) is 47.2 Å². The lowest BCUT2D eigenvalue weighted by Crippen LogP contribution is -1.97. The average molecular weight is 373 g/mol. The van der Waals surface area contributed by atoms with E-state index in [4.69, 9.17) is 9.26 Å². The maximum atomic E-state index is 5.88. The van der Waals surface area contributed by atoms with Gasteiger partial charge in [-0.25, -0.2) is 4.98 Å². The summed E-state index contributed by atoms with van der Waals surface area (Å²) >= 11 is 0. The SMILES string of the molecule is Cc1cccc(-c2ncc(-c3ccc(OCc4c(C)noc4C)cc3)[nH]2)c1C. The number of nitrogens with one attached hydrogen (secondary N) is 1. The third kappa shape index (κ3) is 3.43. The van der Waals surface area contributed by atoms with Crippen molar-refractivity contribution in [2.24, 2.45) is 0 Å². The summed E-state index contributed by atoms with van der Waals surface area (Å²) in [7, 11) is 0. The molecule has 0 spiro atoms. The normalized spacial score (nSPS) is 11.0. The summed E-state index contributed by atoms with van der Waals surface area (Å²) in [6, 6.07) is 14.3. The van der Waals surface area contributed by atoms with Crippen molar-refractivity contribution >= 4 is 0 Å². The quantitative estimate of drug-likeness (QED) is 0.498. The number of H-pyrrole nitrogens is 1. The predicted molar refractivity (Wildman–Crippen MR) is 109 cm³/mol. The minimum absolute atomic E-state index is 0.446. The molecule has 0 atom stereocenters. The van der Waals surface area contributed by atoms with Crippen molar-refractivity contribution in [3.63, 3.8) is 0 Å². The number of rotatable bonds is 5. The van der Waals surface area contributed by atoms with Crippen molar-refractivity contribution in [2.45, 2.75) is 34.3 Å². The Bertz CT molecular complexity index is 1090. The van der Waals surface area contributed by atoms with Gasteiger partial charge in [0.05, 0.1) is 23.1 Å². The lowest BCUT2D eigenvalue weighted by atomic mass is 10.0. The predicted octanol–water partition coefficient (Wildman–Crippen LogP) is 5.54. The molecule has 0 amide bonds. The summed E-state index contributed by atoms with van der Waals surface area (Å²) < 4.78 is 11.1. The van der Waals surface area contributed by atoms with Crippen LogP contribution >= 0.6 is 0 Å². The molecule has 0 unspecified atom stereocenters. The molecule has 5 nitrogen and oxygen atoms in total. The largest absolute Gasteiger partial charge is 0.489 e. The summed E-state index contributed by atoms with van der Waals surface area (Å²) in [5.41, 5.74) is 7.54. The van der Waals surface area contributed by atoms with E-state index in [1.54, 1.807) is 0 Å². The zero-order valence-electron chi connectivity index (χ0n) is 16.5. The minimum atomic E-state index is 0.446. The number of hydrogen-bond donors (Lipinski definition) is 1. The van der Waals surface area contributed by atoms with Crippen LogP contribution in [0.15, 0.2) is 53.2 Å². The van der Waals surface area contributed by atoms with E-state index >= 15 is 0 Å². The Hall–Kier alpha value is -3.34. The molecule has 0 aliphatic heterocycles. The second-order valence-electron chi connectivity index (χ2n) is 7.01. The van der Waals surface area contributed by atoms with E-state index in [1.165, 1.54) is 11.1 Å². The Morgan fingerprint density at radius 2 is 1.79 bits per heavy atom. The number of aromatic nitrogens is 3. The Morgan fingerprint density at radius 3 is 2.50 bits per heavy atom. The van der Waals surface area contributed by atoms with Crippen molar-refractivity contribution < 1.29 is 9.26 Å². The number of aryl methyl sites for hydroxylation is 3. The lowest BCUT2D eigenvalue weighted by Gasteiger charge is -2.07. The molecule has 2 aromatic heterocycles. The number of imidazole rings is 1. The van der Waals surface area contributed by atoms with Crippen molar-refractivity contribution in [3.8, 4) is 28.4 Å². The number of nitrogens with zero attached hydrogens (tertiary/aromatic N) is 2. The number of aromatic amines is 1. The van der Waals surface area contributed by atoms with Gasteiger partial charge in [-0.05, 0) is 68.7 Å². The fourth-order valence-corrected chi connectivity index (χ4v) is 3.21. The first-order chi connectivity index (χ1) is 13.5. The molecule has 4 rings (SSSR count). The van der Waals surface area contributed by atoms with Crippen LogP contribution in [0.2, 0.25) is 0 Å². The molecular weight excluding hydrogens is 350 g/mol. The van der Waals surface area contributed by atoms with Crippen LogP contribution in [0.25, 0.3) is 22.6 Å². The molecule has 0 saturated carbocycles. The average Bonchev–Trinajstić information content (AvgIpc) is 3.30. The van der Waals surface area contributed by atoms with Crippen molar-refractivity contribution in [3.05, 3.63) is 76.8 Å². The van der Waals surface area contributed by atoms with Crippen molar-refractivity contribution in [2.75, 3.05) is 0 Å². The first kappa shape index (κ1) is 18.0. The van der Waals surface area contributed by atoms with Gasteiger partial charge in [-0.3, -0.25) is 0 Å². The molecule has 0 fully saturated rings. The molecule has 4 aromatic rings. The molecule has 2 heterocycles. The second-order valence-corrected chi connectivity index (χ2v) is 7.01. The maximum absolute atomic E-state index is 5.88. The van der Waals surface area contributed by atoms with Gasteiger partial charge in [-0.15, -0.1) is 0 Å². The highest BCUT2D eigenvalue weighted by atomic mass is 16.5.